The van der Waals surface area contributed by atoms with Crippen LogP contribution in [-0.2, 0) is 9.13 Å². The van der Waals surface area contributed by atoms with Gasteiger partial charge in [0, 0.05) is 0 Å². The summed E-state index contributed by atoms with van der Waals surface area (Å²) in [6.45, 7) is 4.40. The zero-order valence-corrected chi connectivity index (χ0v) is 9.33. The molecular weight excluding hydrogens is 201 g/mol. The molecule has 0 atom stereocenters. The molecular formula is C4H9AlO4P2. The average Bonchev–Trinajstić information content (AvgIpc) is 1.91. The molecule has 62 valence electrons. The maximum Gasteiger partial charge on any atom is 0.0642 e. The molecule has 0 saturated carbocycles. The Morgan fingerprint density at radius 1 is 1.27 bits per heavy atom. The molecule has 0 bridgehead atoms. The molecule has 0 saturated heterocycles. The Labute approximate surface area is 78.0 Å². The number of rotatable bonds is 1. The Balaban J connectivity index is -0.0000000933. The summed E-state index contributed by atoms with van der Waals surface area (Å²) >= 11 is 2.69. The van der Waals surface area contributed by atoms with Gasteiger partial charge in [-0.2, -0.15) is 0 Å². The molecule has 0 fully saturated rings. The smallest absolute Gasteiger partial charge is 0.0642 e. The molecule has 0 aliphatic carbocycles. The van der Waals surface area contributed by atoms with E-state index in [1.165, 1.54) is 5.28 Å². The SMILES string of the molecule is CC(C)[CH2][Al+2].O=P[O-].O=P[O-]. The fourth-order valence-corrected chi connectivity index (χ4v) is 0. The van der Waals surface area contributed by atoms with Crippen molar-refractivity contribution in [2.24, 2.45) is 5.92 Å². The van der Waals surface area contributed by atoms with Crippen molar-refractivity contribution in [2.45, 2.75) is 19.1 Å². The van der Waals surface area contributed by atoms with Crippen molar-refractivity contribution in [1.82, 2.24) is 0 Å². The molecule has 0 heterocycles. The van der Waals surface area contributed by atoms with Crippen LogP contribution >= 0.6 is 17.4 Å². The van der Waals surface area contributed by atoms with E-state index in [0.717, 1.165) is 5.92 Å². The van der Waals surface area contributed by atoms with Gasteiger partial charge in [-0.05, 0) is 0 Å². The van der Waals surface area contributed by atoms with Gasteiger partial charge in [-0.15, -0.1) is 0 Å². The molecule has 0 radical (unpaired) electrons. The molecule has 0 aromatic rings. The molecule has 0 aromatic carbocycles. The van der Waals surface area contributed by atoms with Gasteiger partial charge in [-0.25, -0.2) is 0 Å². The van der Waals surface area contributed by atoms with E-state index in [4.69, 9.17) is 18.9 Å². The van der Waals surface area contributed by atoms with Crippen LogP contribution in [0.15, 0.2) is 0 Å². The molecule has 7 heteroatoms. The van der Waals surface area contributed by atoms with Crippen LogP contribution in [-0.4, -0.2) is 16.3 Å². The molecule has 0 aliphatic heterocycles. The van der Waals surface area contributed by atoms with Crippen LogP contribution in [0, 0.1) is 5.92 Å². The minimum absolute atomic E-state index is 0.847. The summed E-state index contributed by atoms with van der Waals surface area (Å²) in [6.07, 6.45) is 0. The fraction of sp³-hybridized carbons (Fsp3) is 1.00. The number of hydrogen-bond donors (Lipinski definition) is 0. The van der Waals surface area contributed by atoms with E-state index in [1.807, 2.05) is 0 Å². The first kappa shape index (κ1) is 17.7. The van der Waals surface area contributed by atoms with Gasteiger partial charge in [-0.1, -0.05) is 0 Å². The monoisotopic (exact) mass is 210 g/mol. The first-order valence-electron chi connectivity index (χ1n) is 2.70. The van der Waals surface area contributed by atoms with E-state index in [2.05, 4.69) is 30.1 Å². The van der Waals surface area contributed by atoms with Gasteiger partial charge in [0.1, 0.15) is 0 Å². The van der Waals surface area contributed by atoms with Crippen molar-refractivity contribution in [1.29, 1.82) is 0 Å². The van der Waals surface area contributed by atoms with Crippen LogP contribution in [0.25, 0.3) is 0 Å². The van der Waals surface area contributed by atoms with E-state index in [1.54, 1.807) is 0 Å². The van der Waals surface area contributed by atoms with Gasteiger partial charge >= 0.3 is 41.3 Å². The zero-order chi connectivity index (χ0) is 9.70. The van der Waals surface area contributed by atoms with Crippen molar-refractivity contribution in [3.8, 4) is 0 Å². The summed E-state index contributed by atoms with van der Waals surface area (Å²) in [6, 6.07) is 0. The zero-order valence-electron chi connectivity index (χ0n) is 6.39. The van der Waals surface area contributed by atoms with Crippen LogP contribution in [0.5, 0.6) is 0 Å². The maximum absolute atomic E-state index is 8.35. The van der Waals surface area contributed by atoms with Gasteiger partial charge in [0.05, 0.1) is 17.4 Å². The van der Waals surface area contributed by atoms with Crippen molar-refractivity contribution < 1.29 is 18.9 Å². The molecule has 0 amide bonds. The molecule has 0 aromatic heterocycles. The molecule has 4 nitrogen and oxygen atoms in total. The molecule has 0 N–H and O–H groups in total. The third-order valence-electron chi connectivity index (χ3n) is 0.471. The van der Waals surface area contributed by atoms with Gasteiger partial charge in [-0.3, -0.25) is 9.13 Å². The van der Waals surface area contributed by atoms with Gasteiger partial charge < -0.3 is 9.79 Å². The molecule has 0 spiro atoms. The van der Waals surface area contributed by atoms with Gasteiger partial charge in [0.25, 0.3) is 0 Å². The second-order valence-electron chi connectivity index (χ2n) is 1.78. The minimum atomic E-state index is -1.08. The summed E-state index contributed by atoms with van der Waals surface area (Å²) in [7, 11) is -2.17. The first-order chi connectivity index (χ1) is 5.10. The first-order valence-corrected chi connectivity index (χ1v) is 4.98. The summed E-state index contributed by atoms with van der Waals surface area (Å²) in [5, 5.41) is 1.22. The Morgan fingerprint density at radius 3 is 1.36 bits per heavy atom. The average molecular weight is 210 g/mol. The van der Waals surface area contributed by atoms with E-state index in [0.29, 0.717) is 0 Å². The van der Waals surface area contributed by atoms with Crippen molar-refractivity contribution >= 4 is 33.7 Å². The molecule has 0 unspecified atom stereocenters. The molecule has 0 rings (SSSR count). The Kier molecular flexibility index (Phi) is 36.0. The second kappa shape index (κ2) is 22.4. The van der Waals surface area contributed by atoms with Gasteiger partial charge in [0.2, 0.25) is 0 Å². The summed E-state index contributed by atoms with van der Waals surface area (Å²) < 4.78 is 16.7. The normalized spacial score (nSPS) is 8.27. The van der Waals surface area contributed by atoms with Crippen LogP contribution in [0.4, 0.5) is 0 Å². The predicted molar refractivity (Wildman–Crippen MR) is 40.6 cm³/mol. The van der Waals surface area contributed by atoms with E-state index < -0.39 is 17.4 Å². The quantitative estimate of drug-likeness (QED) is 0.461. The summed E-state index contributed by atoms with van der Waals surface area (Å²) in [5.41, 5.74) is 0. The van der Waals surface area contributed by atoms with Crippen molar-refractivity contribution in [2.75, 3.05) is 0 Å². The summed E-state index contributed by atoms with van der Waals surface area (Å²) in [5.74, 6) is 0.847. The Morgan fingerprint density at radius 2 is 1.36 bits per heavy atom. The Hall–Kier alpha value is 0.652. The van der Waals surface area contributed by atoms with E-state index in [9.17, 15) is 0 Å². The van der Waals surface area contributed by atoms with E-state index >= 15 is 0 Å². The Bertz CT molecular complexity index is 74.5. The van der Waals surface area contributed by atoms with Crippen LogP contribution in [0.1, 0.15) is 13.8 Å². The predicted octanol–water partition coefficient (Wildman–Crippen LogP) is 0.336. The molecule has 11 heavy (non-hydrogen) atoms. The topological polar surface area (TPSA) is 80.3 Å². The van der Waals surface area contributed by atoms with Crippen molar-refractivity contribution in [3.05, 3.63) is 0 Å². The van der Waals surface area contributed by atoms with Crippen molar-refractivity contribution in [3.63, 3.8) is 0 Å². The maximum atomic E-state index is 8.35. The van der Waals surface area contributed by atoms with Crippen LogP contribution in [0.2, 0.25) is 5.28 Å². The third-order valence-corrected chi connectivity index (χ3v) is 1.41. The summed E-state index contributed by atoms with van der Waals surface area (Å²) in [4.78, 5) is 16.7. The second-order valence-corrected chi connectivity index (χ2v) is 2.55. The van der Waals surface area contributed by atoms with Crippen LogP contribution in [0.3, 0.4) is 0 Å². The molecule has 0 aliphatic rings. The van der Waals surface area contributed by atoms with Gasteiger partial charge in [0.15, 0.2) is 0 Å². The number of hydrogen-bond acceptors (Lipinski definition) is 4. The van der Waals surface area contributed by atoms with Crippen LogP contribution < -0.4 is 9.79 Å². The van der Waals surface area contributed by atoms with E-state index in [-0.39, 0.29) is 0 Å². The largest absolute Gasteiger partial charge is 0.772 e. The third kappa shape index (κ3) is 113. The fourth-order valence-electron chi connectivity index (χ4n) is 0. The standard InChI is InChI=1S/C4H9.Al.2HO2P/c1-4(2)3;;2*1-3-2/h4H,1H2,2-3H3;;2*(H,1,2)/q;+2;;/p-2. The minimum Gasteiger partial charge on any atom is -0.772 e.